The smallest absolute Gasteiger partial charge is 0.345 e. The predicted octanol–water partition coefficient (Wildman–Crippen LogP) is 0.420. The number of carbonyl (C=O) groups is 2. The van der Waals surface area contributed by atoms with Gasteiger partial charge in [0.05, 0.1) is 15.6 Å². The van der Waals surface area contributed by atoms with Crippen molar-refractivity contribution < 1.29 is 19.2 Å². The average molecular weight is 369 g/mol. The number of esters is 1. The molecule has 2 aromatic rings. The summed E-state index contributed by atoms with van der Waals surface area (Å²) >= 11 is 5.81. The monoisotopic (exact) mass is 368 g/mol. The quantitative estimate of drug-likeness (QED) is 0.391. The maximum absolute atomic E-state index is 11.8. The molecule has 0 atom stereocenters. The van der Waals surface area contributed by atoms with Crippen molar-refractivity contribution in [3.8, 4) is 0 Å². The number of hydrogen-bond donors (Lipinski definition) is 3. The third-order valence-electron chi connectivity index (χ3n) is 2.81. The Morgan fingerprint density at radius 3 is 2.68 bits per heavy atom. The van der Waals surface area contributed by atoms with Crippen molar-refractivity contribution in [2.75, 3.05) is 11.9 Å². The minimum Gasteiger partial charge on any atom is -0.452 e. The Balaban J connectivity index is 2.02. The van der Waals surface area contributed by atoms with Gasteiger partial charge >= 0.3 is 11.7 Å². The number of benzene rings is 1. The van der Waals surface area contributed by atoms with Crippen LogP contribution in [0.1, 0.15) is 10.4 Å². The number of amides is 1. The van der Waals surface area contributed by atoms with Gasteiger partial charge in [0.1, 0.15) is 5.56 Å². The van der Waals surface area contributed by atoms with Gasteiger partial charge in [-0.15, -0.1) is 0 Å². The third kappa shape index (κ3) is 4.51. The zero-order valence-electron chi connectivity index (χ0n) is 12.2. The van der Waals surface area contributed by atoms with E-state index in [1.165, 1.54) is 6.07 Å². The zero-order valence-corrected chi connectivity index (χ0v) is 13.0. The first-order valence-electron chi connectivity index (χ1n) is 6.51. The van der Waals surface area contributed by atoms with Crippen LogP contribution in [-0.2, 0) is 9.53 Å². The van der Waals surface area contributed by atoms with Gasteiger partial charge in [-0.25, -0.2) is 9.59 Å². The highest BCUT2D eigenvalue weighted by Crippen LogP contribution is 2.26. The maximum Gasteiger partial charge on any atom is 0.345 e. The molecule has 1 aromatic heterocycles. The number of nitrogens with zero attached hydrogens (tertiary/aromatic N) is 1. The van der Waals surface area contributed by atoms with E-state index in [1.54, 1.807) is 0 Å². The summed E-state index contributed by atoms with van der Waals surface area (Å²) in [6, 6.07) is 3.41. The molecule has 0 saturated heterocycles. The summed E-state index contributed by atoms with van der Waals surface area (Å²) in [4.78, 5) is 59.6. The second kappa shape index (κ2) is 7.40. The van der Waals surface area contributed by atoms with Gasteiger partial charge in [-0.2, -0.15) is 0 Å². The van der Waals surface area contributed by atoms with E-state index in [0.29, 0.717) is 0 Å². The molecule has 12 heteroatoms. The van der Waals surface area contributed by atoms with Crippen LogP contribution in [0.3, 0.4) is 0 Å². The fourth-order valence-corrected chi connectivity index (χ4v) is 1.84. The Hall–Kier alpha value is -3.47. The number of aromatic amines is 2. The lowest BCUT2D eigenvalue weighted by Gasteiger charge is -2.07. The van der Waals surface area contributed by atoms with Gasteiger partial charge in [-0.1, -0.05) is 11.6 Å². The van der Waals surface area contributed by atoms with Crippen molar-refractivity contribution in [1.82, 2.24) is 9.97 Å². The fraction of sp³-hybridized carbons (Fsp3) is 0.0769. The standard InChI is InChI=1S/C13H9ClN4O7/c14-8-2-1-6(18(23)24)3-9(8)16-10(19)5-25-12(21)7-4-15-13(22)17-11(7)20/h1-4H,5H2,(H,16,19)(H2,15,17,20,22). The Labute approximate surface area is 142 Å². The van der Waals surface area contributed by atoms with E-state index < -0.39 is 40.2 Å². The van der Waals surface area contributed by atoms with Gasteiger partial charge in [0.25, 0.3) is 17.2 Å². The SMILES string of the molecule is O=C(COC(=O)c1c[nH]c(=O)[nH]c1=O)Nc1cc([N+](=O)[O-])ccc1Cl. The summed E-state index contributed by atoms with van der Waals surface area (Å²) in [5.41, 5.74) is -2.62. The number of ether oxygens (including phenoxy) is 1. The van der Waals surface area contributed by atoms with E-state index in [4.69, 9.17) is 11.6 Å². The van der Waals surface area contributed by atoms with Crippen LogP contribution < -0.4 is 16.6 Å². The van der Waals surface area contributed by atoms with E-state index in [-0.39, 0.29) is 16.4 Å². The zero-order chi connectivity index (χ0) is 18.6. The van der Waals surface area contributed by atoms with Crippen molar-refractivity contribution in [3.63, 3.8) is 0 Å². The molecule has 0 bridgehead atoms. The van der Waals surface area contributed by atoms with Crippen molar-refractivity contribution in [3.05, 3.63) is 65.9 Å². The van der Waals surface area contributed by atoms with E-state index in [9.17, 15) is 29.3 Å². The number of anilines is 1. The lowest BCUT2D eigenvalue weighted by molar-refractivity contribution is -0.384. The van der Waals surface area contributed by atoms with E-state index >= 15 is 0 Å². The summed E-state index contributed by atoms with van der Waals surface area (Å²) in [5.74, 6) is -1.98. The Bertz CT molecular complexity index is 965. The Morgan fingerprint density at radius 1 is 1.32 bits per heavy atom. The topological polar surface area (TPSA) is 164 Å². The number of aromatic nitrogens is 2. The number of halogens is 1. The highest BCUT2D eigenvalue weighted by atomic mass is 35.5. The van der Waals surface area contributed by atoms with Crippen molar-refractivity contribution in [2.45, 2.75) is 0 Å². The van der Waals surface area contributed by atoms with Gasteiger partial charge in [-0.05, 0) is 6.07 Å². The molecule has 25 heavy (non-hydrogen) atoms. The van der Waals surface area contributed by atoms with Crippen LogP contribution in [0.2, 0.25) is 5.02 Å². The highest BCUT2D eigenvalue weighted by molar-refractivity contribution is 6.33. The normalized spacial score (nSPS) is 10.1. The molecule has 0 saturated carbocycles. The number of nitrogens with one attached hydrogen (secondary N) is 3. The van der Waals surface area contributed by atoms with Crippen LogP contribution in [0.4, 0.5) is 11.4 Å². The molecule has 0 spiro atoms. The number of nitro benzene ring substituents is 1. The molecular formula is C13H9ClN4O7. The number of H-pyrrole nitrogens is 2. The first-order chi connectivity index (χ1) is 11.8. The minimum atomic E-state index is -1.14. The fourth-order valence-electron chi connectivity index (χ4n) is 1.68. The van der Waals surface area contributed by atoms with Gasteiger partial charge < -0.3 is 15.0 Å². The average Bonchev–Trinajstić information content (AvgIpc) is 2.54. The van der Waals surface area contributed by atoms with Gasteiger partial charge in [0.15, 0.2) is 6.61 Å². The number of carbonyl (C=O) groups excluding carboxylic acids is 2. The molecular weight excluding hydrogens is 360 g/mol. The van der Waals surface area contributed by atoms with Crippen LogP contribution >= 0.6 is 11.6 Å². The molecule has 3 N–H and O–H groups in total. The van der Waals surface area contributed by atoms with Gasteiger partial charge in [0.2, 0.25) is 0 Å². The molecule has 1 aromatic carbocycles. The molecule has 0 unspecified atom stereocenters. The van der Waals surface area contributed by atoms with Crippen LogP contribution in [0.15, 0.2) is 34.0 Å². The summed E-state index contributed by atoms with van der Waals surface area (Å²) in [7, 11) is 0. The first kappa shape index (κ1) is 17.9. The minimum absolute atomic E-state index is 0.0428. The first-order valence-corrected chi connectivity index (χ1v) is 6.88. The number of rotatable bonds is 5. The van der Waals surface area contributed by atoms with Crippen molar-refractivity contribution in [1.29, 1.82) is 0 Å². The van der Waals surface area contributed by atoms with Crippen LogP contribution in [0, 0.1) is 10.1 Å². The third-order valence-corrected chi connectivity index (χ3v) is 3.14. The molecule has 0 aliphatic carbocycles. The second-order valence-corrected chi connectivity index (χ2v) is 4.94. The highest BCUT2D eigenvalue weighted by Gasteiger charge is 2.16. The summed E-state index contributed by atoms with van der Waals surface area (Å²) in [6.07, 6.45) is 0.846. The molecule has 0 aliphatic rings. The van der Waals surface area contributed by atoms with E-state index in [0.717, 1.165) is 18.3 Å². The van der Waals surface area contributed by atoms with Crippen LogP contribution in [0.5, 0.6) is 0 Å². The van der Waals surface area contributed by atoms with E-state index in [1.807, 2.05) is 4.98 Å². The summed E-state index contributed by atoms with van der Waals surface area (Å²) in [6.45, 7) is -0.781. The Kier molecular flexibility index (Phi) is 5.29. The lowest BCUT2D eigenvalue weighted by atomic mass is 10.3. The Morgan fingerprint density at radius 2 is 2.04 bits per heavy atom. The summed E-state index contributed by atoms with van der Waals surface area (Å²) < 4.78 is 4.63. The molecule has 0 fully saturated rings. The lowest BCUT2D eigenvalue weighted by Crippen LogP contribution is -2.29. The molecule has 1 heterocycles. The number of hydrogen-bond acceptors (Lipinski definition) is 7. The maximum atomic E-state index is 11.8. The molecule has 1 amide bonds. The van der Waals surface area contributed by atoms with E-state index in [2.05, 4.69) is 15.0 Å². The molecule has 0 radical (unpaired) electrons. The van der Waals surface area contributed by atoms with Crippen molar-refractivity contribution in [2.24, 2.45) is 0 Å². The molecule has 11 nitrogen and oxygen atoms in total. The second-order valence-electron chi connectivity index (χ2n) is 4.53. The number of nitro groups is 1. The summed E-state index contributed by atoms with van der Waals surface area (Å²) in [5, 5.41) is 13.0. The van der Waals surface area contributed by atoms with Gasteiger partial charge in [0, 0.05) is 18.3 Å². The largest absolute Gasteiger partial charge is 0.452 e. The van der Waals surface area contributed by atoms with Crippen LogP contribution in [-0.4, -0.2) is 33.4 Å². The van der Waals surface area contributed by atoms with Crippen molar-refractivity contribution >= 4 is 34.9 Å². The molecule has 2 rings (SSSR count). The van der Waals surface area contributed by atoms with Crippen LogP contribution in [0.25, 0.3) is 0 Å². The predicted molar refractivity (Wildman–Crippen MR) is 84.7 cm³/mol. The number of non-ortho nitro benzene ring substituents is 1. The van der Waals surface area contributed by atoms with Gasteiger partial charge in [-0.3, -0.25) is 24.7 Å². The molecule has 130 valence electrons. The molecule has 0 aliphatic heterocycles.